The molecule has 0 radical (unpaired) electrons. The Hall–Kier alpha value is -1.03. The van der Waals surface area contributed by atoms with Crippen LogP contribution < -0.4 is 10.6 Å². The summed E-state index contributed by atoms with van der Waals surface area (Å²) in [5.41, 5.74) is 2.04. The SMILES string of the molecule is CCCOCc1ccccc1CN=C(NCC)NCCC(F)(F)F.I. The van der Waals surface area contributed by atoms with Gasteiger partial charge in [-0.1, -0.05) is 31.2 Å². The Morgan fingerprint density at radius 1 is 1.12 bits per heavy atom. The zero-order valence-corrected chi connectivity index (χ0v) is 17.0. The minimum atomic E-state index is -4.17. The van der Waals surface area contributed by atoms with Crippen molar-refractivity contribution in [2.24, 2.45) is 4.99 Å². The molecule has 1 aromatic rings. The van der Waals surface area contributed by atoms with Crippen molar-refractivity contribution >= 4 is 29.9 Å². The number of nitrogens with zero attached hydrogens (tertiary/aromatic N) is 1. The van der Waals surface area contributed by atoms with Gasteiger partial charge in [-0.25, -0.2) is 4.99 Å². The Kier molecular flexibility index (Phi) is 12.7. The normalized spacial score (nSPS) is 11.8. The smallest absolute Gasteiger partial charge is 0.377 e. The first-order chi connectivity index (χ1) is 11.5. The molecule has 0 fully saturated rings. The Bertz CT molecular complexity index is 510. The average molecular weight is 473 g/mol. The molecule has 0 unspecified atom stereocenters. The quantitative estimate of drug-likeness (QED) is 0.244. The van der Waals surface area contributed by atoms with Crippen molar-refractivity contribution in [2.45, 2.75) is 46.0 Å². The van der Waals surface area contributed by atoms with Gasteiger partial charge in [0.25, 0.3) is 0 Å². The van der Waals surface area contributed by atoms with Gasteiger partial charge in [0.2, 0.25) is 0 Å². The van der Waals surface area contributed by atoms with Gasteiger partial charge in [0.1, 0.15) is 0 Å². The summed E-state index contributed by atoms with van der Waals surface area (Å²) in [7, 11) is 0. The Labute approximate surface area is 164 Å². The highest BCUT2D eigenvalue weighted by Crippen LogP contribution is 2.18. The van der Waals surface area contributed by atoms with E-state index >= 15 is 0 Å². The van der Waals surface area contributed by atoms with Crippen LogP contribution in [0.25, 0.3) is 0 Å². The van der Waals surface area contributed by atoms with E-state index in [9.17, 15) is 13.2 Å². The molecule has 0 aromatic heterocycles. The monoisotopic (exact) mass is 473 g/mol. The Morgan fingerprint density at radius 3 is 2.40 bits per heavy atom. The van der Waals surface area contributed by atoms with Gasteiger partial charge in [-0.15, -0.1) is 24.0 Å². The summed E-state index contributed by atoms with van der Waals surface area (Å²) in [6.45, 7) is 5.89. The molecule has 1 rings (SSSR count). The van der Waals surface area contributed by atoms with E-state index in [1.54, 1.807) is 0 Å². The van der Waals surface area contributed by atoms with E-state index in [0.717, 1.165) is 17.5 Å². The molecule has 0 bridgehead atoms. The summed E-state index contributed by atoms with van der Waals surface area (Å²) in [6, 6.07) is 7.78. The van der Waals surface area contributed by atoms with E-state index in [0.29, 0.717) is 32.3 Å². The van der Waals surface area contributed by atoms with Crippen LogP contribution in [0.2, 0.25) is 0 Å². The number of hydrogen-bond acceptors (Lipinski definition) is 2. The summed E-state index contributed by atoms with van der Waals surface area (Å²) in [4.78, 5) is 4.36. The van der Waals surface area contributed by atoms with Crippen molar-refractivity contribution in [1.82, 2.24) is 10.6 Å². The topological polar surface area (TPSA) is 45.6 Å². The number of guanidine groups is 1. The van der Waals surface area contributed by atoms with Crippen molar-refractivity contribution in [1.29, 1.82) is 0 Å². The standard InChI is InChI=1S/C17H26F3N3O.HI/c1-3-11-24-13-15-8-6-5-7-14(15)12-23-16(21-4-2)22-10-9-17(18,19)20;/h5-8H,3-4,9-13H2,1-2H3,(H2,21,22,23);1H. The van der Waals surface area contributed by atoms with Crippen LogP contribution >= 0.6 is 24.0 Å². The maximum absolute atomic E-state index is 12.2. The van der Waals surface area contributed by atoms with Crippen molar-refractivity contribution in [3.63, 3.8) is 0 Å². The van der Waals surface area contributed by atoms with Gasteiger partial charge >= 0.3 is 6.18 Å². The molecule has 0 amide bonds. The molecule has 4 nitrogen and oxygen atoms in total. The van der Waals surface area contributed by atoms with Crippen LogP contribution in [0.5, 0.6) is 0 Å². The number of halogens is 4. The zero-order chi connectivity index (χ0) is 17.8. The molecule has 0 atom stereocenters. The van der Waals surface area contributed by atoms with Crippen LogP contribution in [0.4, 0.5) is 13.2 Å². The maximum Gasteiger partial charge on any atom is 0.390 e. The van der Waals surface area contributed by atoms with Crippen LogP contribution in [0.1, 0.15) is 37.8 Å². The van der Waals surface area contributed by atoms with Crippen LogP contribution in [0.3, 0.4) is 0 Å². The van der Waals surface area contributed by atoms with E-state index in [1.165, 1.54) is 0 Å². The van der Waals surface area contributed by atoms with Gasteiger partial charge in [0.15, 0.2) is 5.96 Å². The van der Waals surface area contributed by atoms with Gasteiger partial charge in [0, 0.05) is 19.7 Å². The third-order valence-corrected chi connectivity index (χ3v) is 3.18. The second-order valence-corrected chi connectivity index (χ2v) is 5.31. The number of rotatable bonds is 9. The van der Waals surface area contributed by atoms with Crippen molar-refractivity contribution in [3.8, 4) is 0 Å². The highest BCUT2D eigenvalue weighted by atomic mass is 127. The predicted octanol–water partition coefficient (Wildman–Crippen LogP) is 4.24. The molecule has 0 aliphatic carbocycles. The van der Waals surface area contributed by atoms with Gasteiger partial charge in [-0.05, 0) is 24.5 Å². The summed E-state index contributed by atoms with van der Waals surface area (Å²) in [5.74, 6) is 0.381. The minimum absolute atomic E-state index is 0. The zero-order valence-electron chi connectivity index (χ0n) is 14.7. The number of ether oxygens (including phenoxy) is 1. The predicted molar refractivity (Wildman–Crippen MR) is 105 cm³/mol. The van der Waals surface area contributed by atoms with Gasteiger partial charge in [-0.2, -0.15) is 13.2 Å². The minimum Gasteiger partial charge on any atom is -0.377 e. The number of nitrogens with one attached hydrogen (secondary N) is 2. The lowest BCUT2D eigenvalue weighted by Crippen LogP contribution is -2.38. The summed E-state index contributed by atoms with van der Waals surface area (Å²) >= 11 is 0. The number of hydrogen-bond donors (Lipinski definition) is 2. The van der Waals surface area contributed by atoms with Crippen molar-refractivity contribution in [3.05, 3.63) is 35.4 Å². The van der Waals surface area contributed by atoms with E-state index in [2.05, 4.69) is 15.6 Å². The second-order valence-electron chi connectivity index (χ2n) is 5.31. The van der Waals surface area contributed by atoms with E-state index in [-0.39, 0.29) is 30.5 Å². The molecule has 0 saturated carbocycles. The van der Waals surface area contributed by atoms with Gasteiger partial charge in [0.05, 0.1) is 19.6 Å². The fourth-order valence-corrected chi connectivity index (χ4v) is 2.01. The first-order valence-corrected chi connectivity index (χ1v) is 8.19. The van der Waals surface area contributed by atoms with Crippen molar-refractivity contribution in [2.75, 3.05) is 19.7 Å². The molecule has 0 spiro atoms. The average Bonchev–Trinajstić information content (AvgIpc) is 2.53. The molecule has 2 N–H and O–H groups in total. The third kappa shape index (κ3) is 11.2. The van der Waals surface area contributed by atoms with Crippen LogP contribution in [-0.4, -0.2) is 31.8 Å². The lowest BCUT2D eigenvalue weighted by Gasteiger charge is -2.13. The van der Waals surface area contributed by atoms with Crippen LogP contribution in [-0.2, 0) is 17.9 Å². The first-order valence-electron chi connectivity index (χ1n) is 8.19. The number of alkyl halides is 3. The van der Waals surface area contributed by atoms with E-state index < -0.39 is 12.6 Å². The van der Waals surface area contributed by atoms with E-state index in [4.69, 9.17) is 4.74 Å². The van der Waals surface area contributed by atoms with Crippen LogP contribution in [0, 0.1) is 0 Å². The Morgan fingerprint density at radius 2 is 1.80 bits per heavy atom. The first kappa shape index (κ1) is 24.0. The molecule has 0 saturated heterocycles. The lowest BCUT2D eigenvalue weighted by atomic mass is 10.1. The molecule has 25 heavy (non-hydrogen) atoms. The summed E-state index contributed by atoms with van der Waals surface area (Å²) in [5, 5.41) is 5.66. The molecule has 1 aromatic carbocycles. The van der Waals surface area contributed by atoms with E-state index in [1.807, 2.05) is 38.1 Å². The van der Waals surface area contributed by atoms with Crippen molar-refractivity contribution < 1.29 is 17.9 Å². The molecule has 0 heterocycles. The molecule has 0 aliphatic rings. The highest BCUT2D eigenvalue weighted by Gasteiger charge is 2.26. The maximum atomic E-state index is 12.2. The van der Waals surface area contributed by atoms with Gasteiger partial charge < -0.3 is 15.4 Å². The number of benzene rings is 1. The fourth-order valence-electron chi connectivity index (χ4n) is 2.01. The molecule has 144 valence electrons. The fraction of sp³-hybridized carbons (Fsp3) is 0.588. The number of aliphatic imine (C=N–C) groups is 1. The summed E-state index contributed by atoms with van der Waals surface area (Å²) in [6.07, 6.45) is -4.11. The lowest BCUT2D eigenvalue weighted by molar-refractivity contribution is -0.132. The molecular formula is C17H27F3IN3O. The molecule has 0 aliphatic heterocycles. The molecule has 8 heteroatoms. The largest absolute Gasteiger partial charge is 0.390 e. The van der Waals surface area contributed by atoms with Crippen LogP contribution in [0.15, 0.2) is 29.3 Å². The highest BCUT2D eigenvalue weighted by molar-refractivity contribution is 14.0. The van der Waals surface area contributed by atoms with Gasteiger partial charge in [-0.3, -0.25) is 0 Å². The second kappa shape index (κ2) is 13.2. The third-order valence-electron chi connectivity index (χ3n) is 3.18. The molecular weight excluding hydrogens is 446 g/mol. The summed E-state index contributed by atoms with van der Waals surface area (Å²) < 4.78 is 42.2. The Balaban J connectivity index is 0.00000576.